The molecule has 1 N–H and O–H groups in total. The summed E-state index contributed by atoms with van der Waals surface area (Å²) in [7, 11) is 0. The van der Waals surface area contributed by atoms with Gasteiger partial charge in [0.25, 0.3) is 0 Å². The summed E-state index contributed by atoms with van der Waals surface area (Å²) < 4.78 is 1.51. The van der Waals surface area contributed by atoms with Gasteiger partial charge in [-0.2, -0.15) is 0 Å². The van der Waals surface area contributed by atoms with Gasteiger partial charge in [-0.1, -0.05) is 30.3 Å². The van der Waals surface area contributed by atoms with Gasteiger partial charge >= 0.3 is 0 Å². The van der Waals surface area contributed by atoms with Crippen LogP contribution in [0.3, 0.4) is 0 Å². The topological polar surface area (TPSA) is 32.3 Å². The number of fused-ring (bicyclic) bond motifs is 1. The Kier molecular flexibility index (Phi) is 4.30. The average molecular weight is 389 g/mol. The number of amides is 1. The molecule has 130 valence electrons. The highest BCUT2D eigenvalue weighted by Crippen LogP contribution is 2.50. The second-order valence-corrected chi connectivity index (χ2v) is 10.2. The number of hydrogen-bond acceptors (Lipinski definition) is 5. The maximum absolute atomic E-state index is 12.6. The van der Waals surface area contributed by atoms with Crippen molar-refractivity contribution in [2.75, 3.05) is 17.3 Å². The summed E-state index contributed by atoms with van der Waals surface area (Å²) in [6.07, 6.45) is 3.42. The number of nitrogens with zero attached hydrogens (tertiary/aromatic N) is 1. The summed E-state index contributed by atoms with van der Waals surface area (Å²) in [5.41, 5.74) is 5.59. The van der Waals surface area contributed by atoms with Crippen LogP contribution in [0.25, 0.3) is 0 Å². The lowest BCUT2D eigenvalue weighted by atomic mass is 9.83. The third kappa shape index (κ3) is 2.73. The Hall–Kier alpha value is -0.980. The number of hydrogen-bond donors (Lipinski definition) is 1. The highest BCUT2D eigenvalue weighted by molar-refractivity contribution is 8.25. The first-order chi connectivity index (χ1) is 12.3. The predicted molar refractivity (Wildman–Crippen MR) is 108 cm³/mol. The lowest BCUT2D eigenvalue weighted by Gasteiger charge is -2.44. The number of benzene rings is 1. The van der Waals surface area contributed by atoms with E-state index in [2.05, 4.69) is 40.5 Å². The molecule has 1 aromatic rings. The smallest absolute Gasteiger partial charge is 0.235 e. The second-order valence-electron chi connectivity index (χ2n) is 6.64. The Labute approximate surface area is 161 Å². The molecule has 0 saturated carbocycles. The zero-order valence-electron chi connectivity index (χ0n) is 13.9. The molecule has 2 fully saturated rings. The van der Waals surface area contributed by atoms with Crippen LogP contribution in [0.4, 0.5) is 0 Å². The monoisotopic (exact) mass is 388 g/mol. The fourth-order valence-corrected chi connectivity index (χ4v) is 7.83. The Morgan fingerprint density at radius 3 is 2.68 bits per heavy atom. The van der Waals surface area contributed by atoms with Crippen molar-refractivity contribution in [3.8, 4) is 0 Å². The summed E-state index contributed by atoms with van der Waals surface area (Å²) in [6.45, 7) is 0. The van der Waals surface area contributed by atoms with Crippen LogP contribution in [0.15, 0.2) is 51.4 Å². The molecule has 4 aliphatic rings. The minimum atomic E-state index is 0.0709. The number of nitrogens with one attached hydrogen (secondary N) is 1. The van der Waals surface area contributed by atoms with Crippen molar-refractivity contribution in [1.82, 2.24) is 10.2 Å². The van der Waals surface area contributed by atoms with Gasteiger partial charge in [0.05, 0.1) is 11.8 Å². The third-order valence-corrected chi connectivity index (χ3v) is 9.06. The third-order valence-electron chi connectivity index (χ3n) is 5.19. The van der Waals surface area contributed by atoms with E-state index < -0.39 is 0 Å². The number of carbonyl (C=O) groups is 1. The fraction of sp³-hybridized carbons (Fsp3) is 0.421. The molecule has 0 radical (unpaired) electrons. The first-order valence-corrected chi connectivity index (χ1v) is 11.8. The number of carbonyl (C=O) groups excluding carboxylic acids is 1. The van der Waals surface area contributed by atoms with Crippen LogP contribution >= 0.6 is 35.3 Å². The van der Waals surface area contributed by atoms with Crippen LogP contribution in [0, 0.1) is 0 Å². The van der Waals surface area contributed by atoms with Crippen LogP contribution < -0.4 is 5.32 Å². The van der Waals surface area contributed by atoms with Gasteiger partial charge < -0.3 is 10.2 Å². The highest BCUT2D eigenvalue weighted by Gasteiger charge is 2.45. The molecule has 0 unspecified atom stereocenters. The molecule has 1 aliphatic carbocycles. The van der Waals surface area contributed by atoms with Gasteiger partial charge in [-0.25, -0.2) is 0 Å². The predicted octanol–water partition coefficient (Wildman–Crippen LogP) is 4.32. The van der Waals surface area contributed by atoms with Gasteiger partial charge in [0, 0.05) is 21.4 Å². The maximum atomic E-state index is 12.6. The van der Waals surface area contributed by atoms with E-state index in [1.807, 2.05) is 23.5 Å². The summed E-state index contributed by atoms with van der Waals surface area (Å²) >= 11 is 5.75. The molecule has 3 nitrogen and oxygen atoms in total. The van der Waals surface area contributed by atoms with E-state index in [-0.39, 0.29) is 17.4 Å². The molecular weight excluding hydrogens is 368 g/mol. The van der Waals surface area contributed by atoms with Gasteiger partial charge in [-0.15, -0.1) is 35.3 Å². The first kappa shape index (κ1) is 16.2. The molecule has 25 heavy (non-hydrogen) atoms. The summed E-state index contributed by atoms with van der Waals surface area (Å²) in [5.74, 6) is 3.28. The molecule has 3 heterocycles. The normalized spacial score (nSPS) is 29.0. The largest absolute Gasteiger partial charge is 0.356 e. The molecule has 1 aromatic carbocycles. The van der Waals surface area contributed by atoms with Crippen molar-refractivity contribution >= 4 is 41.2 Å². The van der Waals surface area contributed by atoms with Crippen molar-refractivity contribution in [1.29, 1.82) is 0 Å². The fourth-order valence-electron chi connectivity index (χ4n) is 4.16. The molecular formula is C19H20N2OS3. The standard InChI is InChI=1S/C19H20N2OS3/c22-15-11-25-19-20-16-13(7-4-8-14(16)18-23-9-10-24-18)17(21(15)19)12-5-2-1-3-6-12/h1-3,5-6,17,19-20H,4,7-11H2/t17-,19-/m0/s1. The minimum absolute atomic E-state index is 0.0709. The van der Waals surface area contributed by atoms with Crippen molar-refractivity contribution in [2.24, 2.45) is 0 Å². The Bertz CT molecular complexity index is 766. The summed E-state index contributed by atoms with van der Waals surface area (Å²) in [4.78, 5) is 14.7. The van der Waals surface area contributed by atoms with Crippen molar-refractivity contribution in [3.63, 3.8) is 0 Å². The van der Waals surface area contributed by atoms with Crippen molar-refractivity contribution in [2.45, 2.75) is 30.8 Å². The van der Waals surface area contributed by atoms with Crippen LogP contribution in [0.1, 0.15) is 30.9 Å². The molecule has 6 heteroatoms. The summed E-state index contributed by atoms with van der Waals surface area (Å²) in [6, 6.07) is 10.7. The van der Waals surface area contributed by atoms with E-state index in [0.29, 0.717) is 5.75 Å². The number of allylic oxidation sites excluding steroid dienone is 1. The average Bonchev–Trinajstić information content (AvgIpc) is 3.31. The van der Waals surface area contributed by atoms with Crippen molar-refractivity contribution in [3.05, 3.63) is 57.0 Å². The quantitative estimate of drug-likeness (QED) is 0.775. The molecule has 5 rings (SSSR count). The van der Waals surface area contributed by atoms with Gasteiger partial charge in [-0.3, -0.25) is 4.79 Å². The van der Waals surface area contributed by atoms with E-state index in [9.17, 15) is 4.79 Å². The highest BCUT2D eigenvalue weighted by atomic mass is 32.2. The zero-order chi connectivity index (χ0) is 16.8. The number of thioether (sulfide) groups is 3. The van der Waals surface area contributed by atoms with E-state index in [4.69, 9.17) is 0 Å². The SMILES string of the molecule is O=C1CS[C@H]2NC3=C(CCCC3=C3SCCS3)[C@H](c3ccccc3)N12. The van der Waals surface area contributed by atoms with Crippen molar-refractivity contribution < 1.29 is 4.79 Å². The second kappa shape index (κ2) is 6.63. The minimum Gasteiger partial charge on any atom is -0.356 e. The molecule has 3 aliphatic heterocycles. The number of rotatable bonds is 1. The molecule has 2 atom stereocenters. The summed E-state index contributed by atoms with van der Waals surface area (Å²) in [5, 5.41) is 3.74. The molecule has 0 spiro atoms. The molecule has 2 saturated heterocycles. The van der Waals surface area contributed by atoms with E-state index in [0.717, 1.165) is 12.8 Å². The van der Waals surface area contributed by atoms with E-state index in [1.165, 1.54) is 44.6 Å². The van der Waals surface area contributed by atoms with Gasteiger partial charge in [0.1, 0.15) is 0 Å². The lowest BCUT2D eigenvalue weighted by Crippen LogP contribution is -2.50. The zero-order valence-corrected chi connectivity index (χ0v) is 16.3. The molecule has 0 aromatic heterocycles. The van der Waals surface area contributed by atoms with Crippen LogP contribution in [-0.2, 0) is 4.79 Å². The van der Waals surface area contributed by atoms with Gasteiger partial charge in [0.15, 0.2) is 5.50 Å². The Morgan fingerprint density at radius 1 is 1.08 bits per heavy atom. The maximum Gasteiger partial charge on any atom is 0.235 e. The van der Waals surface area contributed by atoms with Gasteiger partial charge in [-0.05, 0) is 36.0 Å². The van der Waals surface area contributed by atoms with Crippen LogP contribution in [-0.4, -0.2) is 33.6 Å². The Morgan fingerprint density at radius 2 is 1.88 bits per heavy atom. The lowest BCUT2D eigenvalue weighted by molar-refractivity contribution is -0.130. The van der Waals surface area contributed by atoms with Gasteiger partial charge in [0.2, 0.25) is 5.91 Å². The Balaban J connectivity index is 1.66. The molecule has 0 bridgehead atoms. The van der Waals surface area contributed by atoms with Crippen LogP contribution in [0.2, 0.25) is 0 Å². The molecule has 1 amide bonds. The van der Waals surface area contributed by atoms with E-state index in [1.54, 1.807) is 11.8 Å². The van der Waals surface area contributed by atoms with Crippen LogP contribution in [0.5, 0.6) is 0 Å². The first-order valence-electron chi connectivity index (χ1n) is 8.79. The van der Waals surface area contributed by atoms with E-state index >= 15 is 0 Å².